The van der Waals surface area contributed by atoms with Gasteiger partial charge in [-0.2, -0.15) is 5.10 Å². The van der Waals surface area contributed by atoms with Crippen molar-refractivity contribution in [1.29, 1.82) is 0 Å². The van der Waals surface area contributed by atoms with Crippen LogP contribution >= 0.6 is 0 Å². The molecule has 0 N–H and O–H groups in total. The third-order valence-electron chi connectivity index (χ3n) is 5.39. The van der Waals surface area contributed by atoms with Gasteiger partial charge in [0.2, 0.25) is 0 Å². The molecule has 1 unspecified atom stereocenters. The molecule has 0 bridgehead atoms. The van der Waals surface area contributed by atoms with E-state index in [0.717, 1.165) is 10.9 Å². The highest BCUT2D eigenvalue weighted by Crippen LogP contribution is 2.33. The first-order valence-electron chi connectivity index (χ1n) is 10.3. The van der Waals surface area contributed by atoms with E-state index in [-0.39, 0.29) is 18.6 Å². The molecule has 1 aliphatic rings. The number of furan rings is 2. The van der Waals surface area contributed by atoms with Gasteiger partial charge in [-0.3, -0.25) is 4.79 Å². The first-order chi connectivity index (χ1) is 15.6. The van der Waals surface area contributed by atoms with Gasteiger partial charge in [-0.15, -0.1) is 0 Å². The van der Waals surface area contributed by atoms with Crippen LogP contribution in [0.5, 0.6) is 5.75 Å². The molecule has 0 saturated heterocycles. The molecule has 0 aliphatic carbocycles. The molecular formula is C24H20N2O6. The summed E-state index contributed by atoms with van der Waals surface area (Å²) in [4.78, 5) is 24.8. The first-order valence-corrected chi connectivity index (χ1v) is 10.3. The highest BCUT2D eigenvalue weighted by atomic mass is 16.5. The maximum Gasteiger partial charge on any atom is 0.336 e. The van der Waals surface area contributed by atoms with Crippen molar-refractivity contribution in [2.45, 2.75) is 25.8 Å². The van der Waals surface area contributed by atoms with Gasteiger partial charge in [-0.05, 0) is 48.4 Å². The number of hydrazone groups is 1. The molecule has 0 fully saturated rings. The van der Waals surface area contributed by atoms with Gasteiger partial charge in [0.25, 0.3) is 5.91 Å². The first kappa shape index (κ1) is 19.9. The Labute approximate surface area is 182 Å². The molecule has 0 spiro atoms. The summed E-state index contributed by atoms with van der Waals surface area (Å²) in [7, 11) is 0. The van der Waals surface area contributed by atoms with E-state index in [1.165, 1.54) is 11.1 Å². The Morgan fingerprint density at radius 1 is 1.16 bits per heavy atom. The van der Waals surface area contributed by atoms with Crippen molar-refractivity contribution in [3.63, 3.8) is 0 Å². The van der Waals surface area contributed by atoms with Gasteiger partial charge in [0.15, 0.2) is 6.61 Å². The lowest BCUT2D eigenvalue weighted by atomic mass is 10.1. The van der Waals surface area contributed by atoms with Gasteiger partial charge >= 0.3 is 5.63 Å². The second kappa shape index (κ2) is 8.22. The number of aryl methyl sites for hydroxylation is 1. The lowest BCUT2D eigenvalue weighted by Crippen LogP contribution is -2.31. The number of nitrogens with zero attached hydrogens (tertiary/aromatic N) is 2. The lowest BCUT2D eigenvalue weighted by Gasteiger charge is -2.20. The van der Waals surface area contributed by atoms with E-state index in [9.17, 15) is 9.59 Å². The molecule has 5 rings (SSSR count). The summed E-state index contributed by atoms with van der Waals surface area (Å²) in [6, 6.07) is 13.5. The van der Waals surface area contributed by atoms with Crippen LogP contribution in [-0.4, -0.2) is 23.2 Å². The van der Waals surface area contributed by atoms with E-state index in [0.29, 0.717) is 41.4 Å². The molecule has 4 heterocycles. The zero-order chi connectivity index (χ0) is 22.1. The average molecular weight is 432 g/mol. The quantitative estimate of drug-likeness (QED) is 0.421. The molecule has 3 aromatic heterocycles. The van der Waals surface area contributed by atoms with E-state index in [4.69, 9.17) is 18.0 Å². The molecule has 4 aromatic rings. The summed E-state index contributed by atoms with van der Waals surface area (Å²) in [6.45, 7) is 1.73. The van der Waals surface area contributed by atoms with Gasteiger partial charge < -0.3 is 18.0 Å². The van der Waals surface area contributed by atoms with E-state index < -0.39 is 5.63 Å². The van der Waals surface area contributed by atoms with Crippen LogP contribution in [0.25, 0.3) is 11.0 Å². The van der Waals surface area contributed by atoms with Crippen molar-refractivity contribution < 1.29 is 22.8 Å². The molecule has 1 atom stereocenters. The predicted molar refractivity (Wildman–Crippen MR) is 116 cm³/mol. The minimum atomic E-state index is -0.416. The molecule has 32 heavy (non-hydrogen) atoms. The third-order valence-corrected chi connectivity index (χ3v) is 5.39. The Morgan fingerprint density at radius 3 is 2.75 bits per heavy atom. The van der Waals surface area contributed by atoms with Crippen LogP contribution in [0.1, 0.15) is 36.5 Å². The van der Waals surface area contributed by atoms with Crippen LogP contribution in [0.3, 0.4) is 0 Å². The summed E-state index contributed by atoms with van der Waals surface area (Å²) in [6.07, 6.45) is 4.30. The molecule has 8 heteroatoms. The molecule has 1 aromatic carbocycles. The Morgan fingerprint density at radius 2 is 2.00 bits per heavy atom. The molecule has 1 aliphatic heterocycles. The minimum Gasteiger partial charge on any atom is -0.484 e. The monoisotopic (exact) mass is 432 g/mol. The minimum absolute atomic E-state index is 0.241. The number of amides is 1. The largest absolute Gasteiger partial charge is 0.484 e. The van der Waals surface area contributed by atoms with Crippen LogP contribution in [0.4, 0.5) is 0 Å². The Kier molecular flexibility index (Phi) is 5.10. The van der Waals surface area contributed by atoms with E-state index in [1.54, 1.807) is 42.9 Å². The number of benzene rings is 1. The number of hydrogen-bond acceptors (Lipinski definition) is 7. The highest BCUT2D eigenvalue weighted by molar-refractivity contribution is 6.01. The molecule has 0 radical (unpaired) electrons. The van der Waals surface area contributed by atoms with Gasteiger partial charge in [-0.1, -0.05) is 6.92 Å². The summed E-state index contributed by atoms with van der Waals surface area (Å²) in [5.41, 5.74) is 1.56. The van der Waals surface area contributed by atoms with Gasteiger partial charge in [0.1, 0.15) is 34.6 Å². The van der Waals surface area contributed by atoms with Crippen molar-refractivity contribution in [2.24, 2.45) is 5.10 Å². The smallest absolute Gasteiger partial charge is 0.336 e. The van der Waals surface area contributed by atoms with Crippen LogP contribution in [0.2, 0.25) is 0 Å². The fraction of sp³-hybridized carbons (Fsp3) is 0.208. The zero-order valence-corrected chi connectivity index (χ0v) is 17.3. The molecular weight excluding hydrogens is 412 g/mol. The van der Waals surface area contributed by atoms with Gasteiger partial charge in [0, 0.05) is 23.9 Å². The fourth-order valence-corrected chi connectivity index (χ4v) is 3.84. The topological polar surface area (TPSA) is 98.4 Å². The number of rotatable bonds is 6. The summed E-state index contributed by atoms with van der Waals surface area (Å²) in [5.74, 6) is 1.32. The zero-order valence-electron chi connectivity index (χ0n) is 17.3. The molecule has 162 valence electrons. The van der Waals surface area contributed by atoms with Crippen molar-refractivity contribution in [1.82, 2.24) is 5.01 Å². The fourth-order valence-electron chi connectivity index (χ4n) is 3.84. The predicted octanol–water partition coefficient (Wildman–Crippen LogP) is 4.30. The van der Waals surface area contributed by atoms with Crippen LogP contribution < -0.4 is 10.4 Å². The number of hydrogen-bond donors (Lipinski definition) is 0. The van der Waals surface area contributed by atoms with Crippen LogP contribution in [0, 0.1) is 0 Å². The SMILES string of the molecule is CCc1cc(=O)oc2cc(OCC(=O)N3N=C(c4ccco4)CC3c3ccco3)ccc12. The average Bonchev–Trinajstić information content (AvgIpc) is 3.56. The third kappa shape index (κ3) is 3.71. The molecule has 8 nitrogen and oxygen atoms in total. The maximum atomic E-state index is 13.0. The maximum absolute atomic E-state index is 13.0. The normalized spacial score (nSPS) is 15.8. The van der Waals surface area contributed by atoms with Crippen LogP contribution in [0.15, 0.2) is 84.2 Å². The van der Waals surface area contributed by atoms with Crippen molar-refractivity contribution in [2.75, 3.05) is 6.61 Å². The standard InChI is InChI=1S/C24H20N2O6/c1-2-15-11-24(28)32-22-12-16(7-8-17(15)22)31-14-23(27)26-19(21-6-4-10-30-21)13-18(25-26)20-5-3-9-29-20/h3-12,19H,2,13-14H2,1H3. The summed E-state index contributed by atoms with van der Waals surface area (Å²) in [5, 5.41) is 6.68. The van der Waals surface area contributed by atoms with Crippen molar-refractivity contribution in [3.8, 4) is 5.75 Å². The van der Waals surface area contributed by atoms with Gasteiger partial charge in [0.05, 0.1) is 12.5 Å². The van der Waals surface area contributed by atoms with E-state index >= 15 is 0 Å². The number of ether oxygens (including phenoxy) is 1. The second-order valence-electron chi connectivity index (χ2n) is 7.39. The number of carbonyl (C=O) groups excluding carboxylic acids is 1. The van der Waals surface area contributed by atoms with E-state index in [1.807, 2.05) is 19.1 Å². The van der Waals surface area contributed by atoms with Gasteiger partial charge in [-0.25, -0.2) is 9.80 Å². The Balaban J connectivity index is 1.36. The molecule has 1 amide bonds. The van der Waals surface area contributed by atoms with Crippen molar-refractivity contribution >= 4 is 22.6 Å². The Bertz CT molecular complexity index is 1330. The highest BCUT2D eigenvalue weighted by Gasteiger charge is 2.35. The lowest BCUT2D eigenvalue weighted by molar-refractivity contribution is -0.135. The Hall–Kier alpha value is -4.07. The second-order valence-corrected chi connectivity index (χ2v) is 7.39. The summed E-state index contributed by atoms with van der Waals surface area (Å²) >= 11 is 0. The number of fused-ring (bicyclic) bond motifs is 1. The van der Waals surface area contributed by atoms with E-state index in [2.05, 4.69) is 5.10 Å². The van der Waals surface area contributed by atoms with Crippen molar-refractivity contribution in [3.05, 3.63) is 88.6 Å². The summed E-state index contributed by atoms with van der Waals surface area (Å²) < 4.78 is 22.0. The van der Waals surface area contributed by atoms with Crippen LogP contribution in [-0.2, 0) is 11.2 Å². The molecule has 0 saturated carbocycles. The number of carbonyl (C=O) groups is 1.